The van der Waals surface area contributed by atoms with Crippen LogP contribution < -0.4 is 0 Å². The summed E-state index contributed by atoms with van der Waals surface area (Å²) in [6.45, 7) is 0. The van der Waals surface area contributed by atoms with Crippen LogP contribution in [0.15, 0.2) is 61.2 Å². The van der Waals surface area contributed by atoms with Gasteiger partial charge < -0.3 is 5.11 Å². The van der Waals surface area contributed by atoms with Crippen molar-refractivity contribution in [2.75, 3.05) is 0 Å². The Kier molecular flexibility index (Phi) is 4.82. The fourth-order valence-corrected chi connectivity index (χ4v) is 3.12. The first-order chi connectivity index (χ1) is 14.3. The molecule has 0 radical (unpaired) electrons. The van der Waals surface area contributed by atoms with E-state index < -0.39 is 40.8 Å². The van der Waals surface area contributed by atoms with Crippen LogP contribution in [0, 0.1) is 11.6 Å². The second-order valence-corrected chi connectivity index (χ2v) is 6.57. The summed E-state index contributed by atoms with van der Waals surface area (Å²) in [5.74, 6) is -6.33. The van der Waals surface area contributed by atoms with Crippen molar-refractivity contribution in [1.82, 2.24) is 30.2 Å². The molecule has 0 aliphatic carbocycles. The van der Waals surface area contributed by atoms with Gasteiger partial charge in [0, 0.05) is 29.9 Å². The summed E-state index contributed by atoms with van der Waals surface area (Å²) in [5, 5.41) is 24.6. The van der Waals surface area contributed by atoms with Crippen molar-refractivity contribution in [3.8, 4) is 5.69 Å². The van der Waals surface area contributed by atoms with Gasteiger partial charge in [0.1, 0.15) is 17.3 Å². The quantitative estimate of drug-likeness (QED) is 0.470. The van der Waals surface area contributed by atoms with Crippen molar-refractivity contribution in [1.29, 1.82) is 0 Å². The van der Waals surface area contributed by atoms with Crippen LogP contribution in [0.3, 0.4) is 0 Å². The topological polar surface area (TPSA) is 92.5 Å². The lowest BCUT2D eigenvalue weighted by atomic mass is 9.81. The molecular weight excluding hydrogens is 404 g/mol. The van der Waals surface area contributed by atoms with Crippen LogP contribution in [0.25, 0.3) is 5.69 Å². The second-order valence-electron chi connectivity index (χ2n) is 6.57. The number of rotatable bonds is 6. The fourth-order valence-electron chi connectivity index (χ4n) is 3.12. The molecule has 4 aromatic rings. The summed E-state index contributed by atoms with van der Waals surface area (Å²) in [6.07, 6.45) is 4.60. The predicted molar refractivity (Wildman–Crippen MR) is 95.6 cm³/mol. The van der Waals surface area contributed by atoms with E-state index in [0.29, 0.717) is 11.8 Å². The van der Waals surface area contributed by atoms with Gasteiger partial charge in [-0.2, -0.15) is 13.9 Å². The van der Waals surface area contributed by atoms with E-state index >= 15 is 8.78 Å². The van der Waals surface area contributed by atoms with Crippen LogP contribution in [-0.2, 0) is 17.9 Å². The van der Waals surface area contributed by atoms with Gasteiger partial charge in [-0.1, -0.05) is 11.3 Å². The summed E-state index contributed by atoms with van der Waals surface area (Å²) >= 11 is 0. The predicted octanol–water partition coefficient (Wildman–Crippen LogP) is 2.89. The highest BCUT2D eigenvalue weighted by molar-refractivity contribution is 5.35. The molecule has 2 N–H and O–H groups in total. The summed E-state index contributed by atoms with van der Waals surface area (Å²) in [5.41, 5.74) is -4.18. The van der Waals surface area contributed by atoms with E-state index in [0.717, 1.165) is 24.4 Å². The number of nitrogens with zero attached hydrogens (tertiary/aromatic N) is 5. The average molecular weight is 418 g/mol. The first-order valence-electron chi connectivity index (χ1n) is 8.68. The SMILES string of the molecule is OC(Cc1ccn[nH]1)(c1ccc(F)cc1F)C(F)(F)c1ccc(-n2ccnn2)cn1. The number of nitrogens with one attached hydrogen (secondary N) is 1. The minimum atomic E-state index is -4.06. The molecule has 3 aromatic heterocycles. The van der Waals surface area contributed by atoms with Gasteiger partial charge in [-0.3, -0.25) is 10.1 Å². The lowest BCUT2D eigenvalue weighted by Crippen LogP contribution is -2.46. The van der Waals surface area contributed by atoms with Gasteiger partial charge in [0.15, 0.2) is 5.60 Å². The van der Waals surface area contributed by atoms with Crippen molar-refractivity contribution >= 4 is 0 Å². The largest absolute Gasteiger partial charge is 0.378 e. The van der Waals surface area contributed by atoms with Gasteiger partial charge in [0.2, 0.25) is 0 Å². The molecule has 1 unspecified atom stereocenters. The van der Waals surface area contributed by atoms with E-state index in [4.69, 9.17) is 0 Å². The summed E-state index contributed by atoms with van der Waals surface area (Å²) in [7, 11) is 0. The molecule has 4 rings (SSSR count). The standard InChI is InChI=1S/C19H14F4N6O/c20-12-1-3-15(16(21)9-12)18(30,10-13-5-6-25-27-13)19(22,23)17-4-2-14(11-24-17)29-8-7-26-28-29/h1-9,11,30H,10H2,(H,25,27). The van der Waals surface area contributed by atoms with Crippen LogP contribution in [0.5, 0.6) is 0 Å². The zero-order valence-corrected chi connectivity index (χ0v) is 15.2. The molecule has 3 heterocycles. The molecule has 0 saturated carbocycles. The number of aliphatic hydroxyl groups is 1. The molecule has 7 nitrogen and oxygen atoms in total. The maximum absolute atomic E-state index is 15.6. The molecule has 1 aromatic carbocycles. The molecule has 0 amide bonds. The zero-order chi connectivity index (χ0) is 21.4. The van der Waals surface area contributed by atoms with Crippen molar-refractivity contribution in [3.05, 3.63) is 89.8 Å². The average Bonchev–Trinajstić information content (AvgIpc) is 3.42. The Hall–Kier alpha value is -3.60. The fraction of sp³-hybridized carbons (Fsp3) is 0.158. The Morgan fingerprint density at radius 1 is 1.07 bits per heavy atom. The third-order valence-electron chi connectivity index (χ3n) is 4.66. The summed E-state index contributed by atoms with van der Waals surface area (Å²) in [6, 6.07) is 5.69. The second kappa shape index (κ2) is 7.34. The van der Waals surface area contributed by atoms with E-state index in [1.54, 1.807) is 0 Å². The third kappa shape index (κ3) is 3.32. The number of aromatic nitrogens is 6. The van der Waals surface area contributed by atoms with Gasteiger partial charge in [0.05, 0.1) is 24.3 Å². The molecule has 0 spiro atoms. The van der Waals surface area contributed by atoms with Crippen LogP contribution in [-0.4, -0.2) is 35.3 Å². The highest BCUT2D eigenvalue weighted by Crippen LogP contribution is 2.47. The van der Waals surface area contributed by atoms with Crippen LogP contribution in [0.1, 0.15) is 17.0 Å². The Bertz CT molecular complexity index is 1130. The minimum absolute atomic E-state index is 0.125. The van der Waals surface area contributed by atoms with Gasteiger partial charge in [0.25, 0.3) is 0 Å². The molecule has 0 aliphatic rings. The zero-order valence-electron chi connectivity index (χ0n) is 15.2. The molecule has 30 heavy (non-hydrogen) atoms. The molecule has 0 fully saturated rings. The van der Waals surface area contributed by atoms with Gasteiger partial charge in [-0.05, 0) is 24.3 Å². The Labute approximate surface area is 167 Å². The number of alkyl halides is 2. The third-order valence-corrected chi connectivity index (χ3v) is 4.66. The Balaban J connectivity index is 1.80. The first-order valence-corrected chi connectivity index (χ1v) is 8.68. The molecule has 0 bridgehead atoms. The van der Waals surface area contributed by atoms with E-state index in [1.165, 1.54) is 35.4 Å². The lowest BCUT2D eigenvalue weighted by molar-refractivity contribution is -0.199. The monoisotopic (exact) mass is 418 g/mol. The molecule has 154 valence electrons. The van der Waals surface area contributed by atoms with Crippen LogP contribution in [0.4, 0.5) is 17.6 Å². The van der Waals surface area contributed by atoms with Crippen molar-refractivity contribution in [2.45, 2.75) is 17.9 Å². The maximum Gasteiger partial charge on any atom is 0.322 e. The van der Waals surface area contributed by atoms with Crippen molar-refractivity contribution in [2.24, 2.45) is 0 Å². The lowest BCUT2D eigenvalue weighted by Gasteiger charge is -2.36. The number of hydrogen-bond donors (Lipinski definition) is 2. The number of pyridine rings is 1. The molecular formula is C19H14F4N6O. The summed E-state index contributed by atoms with van der Waals surface area (Å²) < 4.78 is 60.3. The molecule has 1 atom stereocenters. The van der Waals surface area contributed by atoms with E-state index in [2.05, 4.69) is 25.5 Å². The number of aromatic amines is 1. The van der Waals surface area contributed by atoms with Gasteiger partial charge in [-0.15, -0.1) is 5.10 Å². The normalized spacial score (nSPS) is 13.9. The highest BCUT2D eigenvalue weighted by Gasteiger charge is 2.57. The molecule has 11 heteroatoms. The van der Waals surface area contributed by atoms with Crippen molar-refractivity contribution in [3.63, 3.8) is 0 Å². The molecule has 0 saturated heterocycles. The van der Waals surface area contributed by atoms with Crippen LogP contribution >= 0.6 is 0 Å². The highest BCUT2D eigenvalue weighted by atomic mass is 19.3. The number of hydrogen-bond acceptors (Lipinski definition) is 5. The van der Waals surface area contributed by atoms with Crippen molar-refractivity contribution < 1.29 is 22.7 Å². The first kappa shape index (κ1) is 19.7. The Morgan fingerprint density at radius 2 is 1.90 bits per heavy atom. The summed E-state index contributed by atoms with van der Waals surface area (Å²) in [4.78, 5) is 3.75. The van der Waals surface area contributed by atoms with E-state index in [1.807, 2.05) is 0 Å². The van der Waals surface area contributed by atoms with Gasteiger partial charge >= 0.3 is 5.92 Å². The van der Waals surface area contributed by atoms with Gasteiger partial charge in [-0.25, -0.2) is 13.5 Å². The molecule has 0 aliphatic heterocycles. The number of halogens is 4. The number of benzene rings is 1. The van der Waals surface area contributed by atoms with E-state index in [9.17, 15) is 13.9 Å². The van der Waals surface area contributed by atoms with E-state index in [-0.39, 0.29) is 5.69 Å². The minimum Gasteiger partial charge on any atom is -0.378 e. The maximum atomic E-state index is 15.6. The number of H-pyrrole nitrogens is 1. The smallest absolute Gasteiger partial charge is 0.322 e. The van der Waals surface area contributed by atoms with Crippen LogP contribution in [0.2, 0.25) is 0 Å². The Morgan fingerprint density at radius 3 is 2.50 bits per heavy atom.